The van der Waals surface area contributed by atoms with Crippen molar-refractivity contribution in [1.82, 2.24) is 5.32 Å². The molecule has 1 heterocycles. The molecule has 0 radical (unpaired) electrons. The first kappa shape index (κ1) is 26.9. The molecule has 0 aliphatic carbocycles. The number of benzene rings is 3. The number of imide groups is 2. The minimum absolute atomic E-state index is 0.0215. The maximum atomic E-state index is 13.8. The summed E-state index contributed by atoms with van der Waals surface area (Å²) in [4.78, 5) is 51.2. The third kappa shape index (κ3) is 6.21. The van der Waals surface area contributed by atoms with Crippen molar-refractivity contribution in [3.63, 3.8) is 0 Å². The number of amides is 5. The number of para-hydroxylation sites is 1. The first-order valence-corrected chi connectivity index (χ1v) is 11.8. The van der Waals surface area contributed by atoms with Crippen LogP contribution in [0, 0.1) is 5.82 Å². The van der Waals surface area contributed by atoms with Crippen LogP contribution >= 0.6 is 0 Å². The largest absolute Gasteiger partial charge is 0.494 e. The topological polar surface area (TPSA) is 123 Å². The van der Waals surface area contributed by atoms with E-state index in [9.17, 15) is 23.6 Å². The zero-order valence-electron chi connectivity index (χ0n) is 21.0. The molecule has 0 bridgehead atoms. The molecule has 2 N–H and O–H groups in total. The number of carbonyl (C=O) groups is 4. The second-order valence-corrected chi connectivity index (χ2v) is 8.11. The Hall–Kier alpha value is -5.19. The summed E-state index contributed by atoms with van der Waals surface area (Å²) in [5.41, 5.74) is 0.403. The summed E-state index contributed by atoms with van der Waals surface area (Å²) in [5.74, 6) is -1.84. The van der Waals surface area contributed by atoms with Gasteiger partial charge < -0.3 is 19.5 Å². The van der Waals surface area contributed by atoms with Gasteiger partial charge in [-0.05, 0) is 67.1 Å². The average Bonchev–Trinajstić information content (AvgIpc) is 2.92. The Labute approximate surface area is 223 Å². The number of nitrogens with one attached hydrogen (secondary N) is 2. The molecule has 0 unspecified atom stereocenters. The van der Waals surface area contributed by atoms with Crippen molar-refractivity contribution in [2.75, 3.05) is 30.5 Å². The number of ether oxygens (including phenoxy) is 3. The van der Waals surface area contributed by atoms with Crippen LogP contribution in [-0.2, 0) is 14.4 Å². The molecule has 10 nitrogen and oxygen atoms in total. The first-order chi connectivity index (χ1) is 18.8. The zero-order valence-corrected chi connectivity index (χ0v) is 21.0. The number of halogens is 1. The van der Waals surface area contributed by atoms with Crippen LogP contribution in [0.5, 0.6) is 17.2 Å². The lowest BCUT2D eigenvalue weighted by molar-refractivity contribution is -0.122. The predicted molar refractivity (Wildman–Crippen MR) is 140 cm³/mol. The molecule has 5 amide bonds. The van der Waals surface area contributed by atoms with E-state index >= 15 is 0 Å². The minimum atomic E-state index is -0.874. The number of hydrogen-bond acceptors (Lipinski definition) is 7. The number of urea groups is 1. The summed E-state index contributed by atoms with van der Waals surface area (Å²) < 4.78 is 30.0. The normalized spacial score (nSPS) is 14.2. The van der Waals surface area contributed by atoms with Crippen LogP contribution in [-0.4, -0.2) is 44.1 Å². The van der Waals surface area contributed by atoms with Gasteiger partial charge in [0.15, 0.2) is 18.1 Å². The Bertz CT molecular complexity index is 1450. The van der Waals surface area contributed by atoms with Crippen LogP contribution in [0.25, 0.3) is 6.08 Å². The third-order valence-electron chi connectivity index (χ3n) is 5.51. The lowest BCUT2D eigenvalue weighted by Gasteiger charge is -2.26. The van der Waals surface area contributed by atoms with Crippen molar-refractivity contribution in [2.45, 2.75) is 6.92 Å². The molecule has 1 aliphatic rings. The van der Waals surface area contributed by atoms with Gasteiger partial charge in [0.25, 0.3) is 17.7 Å². The van der Waals surface area contributed by atoms with E-state index in [4.69, 9.17) is 14.2 Å². The minimum Gasteiger partial charge on any atom is -0.494 e. The Kier molecular flexibility index (Phi) is 8.20. The van der Waals surface area contributed by atoms with Gasteiger partial charge >= 0.3 is 6.03 Å². The van der Waals surface area contributed by atoms with Crippen LogP contribution in [0.1, 0.15) is 12.5 Å². The summed E-state index contributed by atoms with van der Waals surface area (Å²) in [6.45, 7) is 1.86. The second-order valence-electron chi connectivity index (χ2n) is 8.11. The number of rotatable bonds is 9. The Morgan fingerprint density at radius 1 is 1.00 bits per heavy atom. The zero-order chi connectivity index (χ0) is 27.9. The first-order valence-electron chi connectivity index (χ1n) is 11.8. The molecular weight excluding hydrogens is 509 g/mol. The van der Waals surface area contributed by atoms with Gasteiger partial charge in [0, 0.05) is 0 Å². The van der Waals surface area contributed by atoms with E-state index in [-0.39, 0.29) is 28.4 Å². The molecule has 0 saturated carbocycles. The molecule has 3 aromatic rings. The highest BCUT2D eigenvalue weighted by Gasteiger charge is 2.36. The van der Waals surface area contributed by atoms with Gasteiger partial charge in [0.1, 0.15) is 17.1 Å². The predicted octanol–water partition coefficient (Wildman–Crippen LogP) is 3.92. The maximum absolute atomic E-state index is 13.8. The van der Waals surface area contributed by atoms with E-state index in [1.165, 1.54) is 61.7 Å². The molecule has 1 fully saturated rings. The number of carbonyl (C=O) groups excluding carboxylic acids is 4. The van der Waals surface area contributed by atoms with Gasteiger partial charge in [-0.1, -0.05) is 18.2 Å². The molecule has 200 valence electrons. The number of anilines is 2. The van der Waals surface area contributed by atoms with Crippen LogP contribution in [0.2, 0.25) is 0 Å². The van der Waals surface area contributed by atoms with E-state index in [1.807, 2.05) is 6.92 Å². The van der Waals surface area contributed by atoms with E-state index < -0.39 is 36.2 Å². The van der Waals surface area contributed by atoms with Gasteiger partial charge in [-0.15, -0.1) is 0 Å². The van der Waals surface area contributed by atoms with Crippen LogP contribution in [0.4, 0.5) is 20.6 Å². The number of hydrogen-bond donors (Lipinski definition) is 2. The van der Waals surface area contributed by atoms with Gasteiger partial charge in [0.2, 0.25) is 0 Å². The standard InChI is InChI=1S/C28H24FN3O7/c1-3-38-19-11-9-18(10-12-19)32-27(35)20(26(34)31-28(32)36)14-17-8-13-23(24(15-17)37-2)39-16-25(33)30-22-7-5-4-6-21(22)29/h4-15H,3,16H2,1-2H3,(H,30,33)(H,31,34,36)/b20-14+. The summed E-state index contributed by atoms with van der Waals surface area (Å²) in [6, 6.07) is 15.7. The molecule has 0 atom stereocenters. The number of barbiturate groups is 1. The fourth-order valence-electron chi connectivity index (χ4n) is 3.70. The highest BCUT2D eigenvalue weighted by Crippen LogP contribution is 2.30. The van der Waals surface area contributed by atoms with Crippen LogP contribution < -0.4 is 29.7 Å². The number of methoxy groups -OCH3 is 1. The van der Waals surface area contributed by atoms with Crippen molar-refractivity contribution in [3.05, 3.63) is 83.7 Å². The van der Waals surface area contributed by atoms with E-state index in [0.717, 1.165) is 4.90 Å². The fourth-order valence-corrected chi connectivity index (χ4v) is 3.70. The van der Waals surface area contributed by atoms with Crippen LogP contribution in [0.3, 0.4) is 0 Å². The second kappa shape index (κ2) is 11.9. The smallest absolute Gasteiger partial charge is 0.335 e. The van der Waals surface area contributed by atoms with Crippen molar-refractivity contribution in [1.29, 1.82) is 0 Å². The molecule has 1 saturated heterocycles. The average molecular weight is 534 g/mol. The van der Waals surface area contributed by atoms with Gasteiger partial charge in [0.05, 0.1) is 25.1 Å². The van der Waals surface area contributed by atoms with Crippen molar-refractivity contribution < 1.29 is 37.8 Å². The lowest BCUT2D eigenvalue weighted by atomic mass is 10.1. The highest BCUT2D eigenvalue weighted by atomic mass is 19.1. The molecule has 0 aromatic heterocycles. The monoisotopic (exact) mass is 533 g/mol. The van der Waals surface area contributed by atoms with E-state index in [1.54, 1.807) is 18.2 Å². The van der Waals surface area contributed by atoms with Crippen molar-refractivity contribution >= 4 is 41.2 Å². The molecule has 39 heavy (non-hydrogen) atoms. The SMILES string of the molecule is CCOc1ccc(N2C(=O)NC(=O)/C(=C\c3ccc(OCC(=O)Nc4ccccc4F)c(OC)c3)C2=O)cc1. The van der Waals surface area contributed by atoms with Gasteiger partial charge in [-0.2, -0.15) is 0 Å². The molecule has 4 rings (SSSR count). The third-order valence-corrected chi connectivity index (χ3v) is 5.51. The van der Waals surface area contributed by atoms with Gasteiger partial charge in [-0.25, -0.2) is 14.1 Å². The van der Waals surface area contributed by atoms with E-state index in [2.05, 4.69) is 10.6 Å². The van der Waals surface area contributed by atoms with Crippen molar-refractivity contribution in [2.24, 2.45) is 0 Å². The van der Waals surface area contributed by atoms with Crippen molar-refractivity contribution in [3.8, 4) is 17.2 Å². The fraction of sp³-hybridized carbons (Fsp3) is 0.143. The Morgan fingerprint density at radius 3 is 2.44 bits per heavy atom. The summed E-state index contributed by atoms with van der Waals surface area (Å²) in [6.07, 6.45) is 1.31. The Balaban J connectivity index is 1.50. The molecule has 11 heteroatoms. The highest BCUT2D eigenvalue weighted by molar-refractivity contribution is 6.39. The molecular formula is C28H24FN3O7. The quantitative estimate of drug-likeness (QED) is 0.316. The summed E-state index contributed by atoms with van der Waals surface area (Å²) in [7, 11) is 1.38. The Morgan fingerprint density at radius 2 is 1.74 bits per heavy atom. The molecule has 0 spiro atoms. The summed E-state index contributed by atoms with van der Waals surface area (Å²) in [5, 5.41) is 4.58. The molecule has 1 aliphatic heterocycles. The lowest BCUT2D eigenvalue weighted by Crippen LogP contribution is -2.54. The van der Waals surface area contributed by atoms with E-state index in [0.29, 0.717) is 17.9 Å². The summed E-state index contributed by atoms with van der Waals surface area (Å²) >= 11 is 0. The van der Waals surface area contributed by atoms with Gasteiger partial charge in [-0.3, -0.25) is 19.7 Å². The van der Waals surface area contributed by atoms with Crippen LogP contribution in [0.15, 0.2) is 72.3 Å². The number of nitrogens with zero attached hydrogens (tertiary/aromatic N) is 1. The molecule has 3 aromatic carbocycles. The maximum Gasteiger partial charge on any atom is 0.335 e.